The first-order valence-electron chi connectivity index (χ1n) is 10.00. The van der Waals surface area contributed by atoms with Crippen LogP contribution in [0.1, 0.15) is 24.0 Å². The number of likely N-dealkylation sites (N-methyl/N-ethyl adjacent to an activating group) is 1. The predicted octanol–water partition coefficient (Wildman–Crippen LogP) is 4.14. The molecule has 2 amide bonds. The van der Waals surface area contributed by atoms with E-state index >= 15 is 0 Å². The molecular formula is C22H21F3N2O5. The molecule has 2 heterocycles. The van der Waals surface area contributed by atoms with Crippen molar-refractivity contribution in [2.45, 2.75) is 32.0 Å². The van der Waals surface area contributed by atoms with Crippen LogP contribution in [0.2, 0.25) is 0 Å². The summed E-state index contributed by atoms with van der Waals surface area (Å²) in [6.07, 6.45) is -3.84. The van der Waals surface area contributed by atoms with Crippen molar-refractivity contribution < 1.29 is 37.0 Å². The minimum atomic E-state index is -4.51. The van der Waals surface area contributed by atoms with Crippen LogP contribution < -0.4 is 19.5 Å². The smallest absolute Gasteiger partial charge is 0.416 e. The summed E-state index contributed by atoms with van der Waals surface area (Å²) >= 11 is 0. The number of rotatable bonds is 4. The molecule has 10 heteroatoms. The Labute approximate surface area is 182 Å². The van der Waals surface area contributed by atoms with Crippen molar-refractivity contribution in [3.8, 4) is 23.0 Å². The lowest BCUT2D eigenvalue weighted by Crippen LogP contribution is -2.39. The third-order valence-electron chi connectivity index (χ3n) is 5.45. The molecule has 0 bridgehead atoms. The second kappa shape index (κ2) is 8.25. The van der Waals surface area contributed by atoms with Crippen molar-refractivity contribution in [3.05, 3.63) is 41.5 Å². The zero-order valence-corrected chi connectivity index (χ0v) is 17.4. The highest BCUT2D eigenvalue weighted by Gasteiger charge is 2.35. The summed E-state index contributed by atoms with van der Waals surface area (Å²) in [5, 5.41) is 2.75. The number of carbonyl (C=O) groups is 2. The molecule has 170 valence electrons. The Hall–Kier alpha value is -3.43. The molecule has 0 spiro atoms. The van der Waals surface area contributed by atoms with Gasteiger partial charge in [-0.1, -0.05) is 6.07 Å². The highest BCUT2D eigenvalue weighted by atomic mass is 19.4. The average molecular weight is 450 g/mol. The zero-order chi connectivity index (χ0) is 23.0. The van der Waals surface area contributed by atoms with Gasteiger partial charge in [0.15, 0.2) is 11.5 Å². The number of fused-ring (bicyclic) bond motifs is 1. The Kier molecular flexibility index (Phi) is 5.62. The lowest BCUT2D eigenvalue weighted by Gasteiger charge is -2.26. The zero-order valence-electron chi connectivity index (χ0n) is 17.4. The van der Waals surface area contributed by atoms with E-state index < -0.39 is 23.7 Å². The quantitative estimate of drug-likeness (QED) is 0.758. The second-order valence-electron chi connectivity index (χ2n) is 7.58. The molecular weight excluding hydrogens is 429 g/mol. The highest BCUT2D eigenvalue weighted by Crippen LogP contribution is 2.46. The highest BCUT2D eigenvalue weighted by molar-refractivity contribution is 6.00. The number of hydrogen-bond donors (Lipinski definition) is 1. The minimum absolute atomic E-state index is 0.0157. The van der Waals surface area contributed by atoms with Crippen molar-refractivity contribution >= 4 is 17.5 Å². The minimum Gasteiger partial charge on any atom is -0.486 e. The van der Waals surface area contributed by atoms with Gasteiger partial charge in [0.25, 0.3) is 0 Å². The molecule has 1 N–H and O–H groups in total. The van der Waals surface area contributed by atoms with Crippen molar-refractivity contribution in [3.63, 3.8) is 0 Å². The molecule has 1 fully saturated rings. The van der Waals surface area contributed by atoms with Crippen molar-refractivity contribution in [2.75, 3.05) is 25.6 Å². The van der Waals surface area contributed by atoms with E-state index in [0.29, 0.717) is 23.5 Å². The summed E-state index contributed by atoms with van der Waals surface area (Å²) in [6, 6.07) is 5.36. The van der Waals surface area contributed by atoms with Crippen LogP contribution in [0, 0.1) is 6.92 Å². The van der Waals surface area contributed by atoms with Crippen LogP contribution in [0.4, 0.5) is 18.9 Å². The molecule has 2 aliphatic rings. The van der Waals surface area contributed by atoms with Gasteiger partial charge in [-0.3, -0.25) is 9.59 Å². The van der Waals surface area contributed by atoms with E-state index in [-0.39, 0.29) is 42.7 Å². The largest absolute Gasteiger partial charge is 0.486 e. The number of carbonyl (C=O) groups excluding carboxylic acids is 2. The Bertz CT molecular complexity index is 1070. The Morgan fingerprint density at radius 1 is 1.19 bits per heavy atom. The molecule has 7 nitrogen and oxygen atoms in total. The molecule has 0 radical (unpaired) electrons. The summed E-state index contributed by atoms with van der Waals surface area (Å²) in [5.74, 6) is 0.322. The number of anilines is 1. The molecule has 2 aliphatic heterocycles. The van der Waals surface area contributed by atoms with E-state index in [9.17, 15) is 22.8 Å². The van der Waals surface area contributed by atoms with Gasteiger partial charge < -0.3 is 24.4 Å². The fourth-order valence-electron chi connectivity index (χ4n) is 3.70. The van der Waals surface area contributed by atoms with Gasteiger partial charge in [-0.05, 0) is 31.5 Å². The van der Waals surface area contributed by atoms with E-state index in [1.807, 2.05) is 0 Å². The Morgan fingerprint density at radius 2 is 1.91 bits per heavy atom. The van der Waals surface area contributed by atoms with E-state index in [4.69, 9.17) is 14.2 Å². The number of ether oxygens (including phenoxy) is 3. The van der Waals surface area contributed by atoms with Gasteiger partial charge in [-0.2, -0.15) is 13.2 Å². The predicted molar refractivity (Wildman–Crippen MR) is 108 cm³/mol. The fraction of sp³-hybridized carbons (Fsp3) is 0.364. The first-order chi connectivity index (χ1) is 15.1. The first kappa shape index (κ1) is 21.8. The van der Waals surface area contributed by atoms with Gasteiger partial charge in [0, 0.05) is 25.1 Å². The molecule has 32 heavy (non-hydrogen) atoms. The summed E-state index contributed by atoms with van der Waals surface area (Å²) in [6.45, 7) is 2.23. The van der Waals surface area contributed by atoms with Gasteiger partial charge in [-0.25, -0.2) is 0 Å². The number of benzene rings is 2. The number of alkyl halides is 3. The van der Waals surface area contributed by atoms with Crippen LogP contribution in [-0.2, 0) is 15.8 Å². The van der Waals surface area contributed by atoms with Gasteiger partial charge in [0.05, 0.1) is 11.3 Å². The maximum absolute atomic E-state index is 13.1. The molecule has 1 unspecified atom stereocenters. The molecule has 2 aromatic rings. The van der Waals surface area contributed by atoms with E-state index in [1.54, 1.807) is 14.0 Å². The van der Waals surface area contributed by atoms with E-state index in [2.05, 4.69) is 5.32 Å². The van der Waals surface area contributed by atoms with Crippen LogP contribution in [0.5, 0.6) is 23.0 Å². The van der Waals surface area contributed by atoms with Gasteiger partial charge in [-0.15, -0.1) is 0 Å². The number of amides is 2. The number of likely N-dealkylation sites (tertiary alicyclic amines) is 1. The van der Waals surface area contributed by atoms with Crippen molar-refractivity contribution in [1.82, 2.24) is 4.90 Å². The molecule has 4 rings (SSSR count). The van der Waals surface area contributed by atoms with Crippen molar-refractivity contribution in [2.24, 2.45) is 0 Å². The van der Waals surface area contributed by atoms with Crippen LogP contribution in [-0.4, -0.2) is 43.0 Å². The molecule has 0 saturated carbocycles. The molecule has 2 aromatic carbocycles. The Morgan fingerprint density at radius 3 is 2.56 bits per heavy atom. The lowest BCUT2D eigenvalue weighted by molar-refractivity contribution is -0.137. The van der Waals surface area contributed by atoms with Gasteiger partial charge in [0.1, 0.15) is 30.8 Å². The summed E-state index contributed by atoms with van der Waals surface area (Å²) in [5.41, 5.74) is -0.0686. The van der Waals surface area contributed by atoms with E-state index in [1.165, 1.54) is 23.1 Å². The van der Waals surface area contributed by atoms with Crippen molar-refractivity contribution in [1.29, 1.82) is 0 Å². The van der Waals surface area contributed by atoms with Crippen LogP contribution >= 0.6 is 0 Å². The van der Waals surface area contributed by atoms with E-state index in [0.717, 1.165) is 12.1 Å². The lowest BCUT2D eigenvalue weighted by atomic mass is 10.1. The fourth-order valence-corrected chi connectivity index (χ4v) is 3.70. The summed E-state index contributed by atoms with van der Waals surface area (Å²) < 4.78 is 56.3. The van der Waals surface area contributed by atoms with Crippen LogP contribution in [0.15, 0.2) is 30.3 Å². The maximum atomic E-state index is 13.1. The first-order valence-corrected chi connectivity index (χ1v) is 10.00. The second-order valence-corrected chi connectivity index (χ2v) is 7.58. The number of nitrogens with zero attached hydrogens (tertiary/aromatic N) is 1. The van der Waals surface area contributed by atoms with Crippen LogP contribution in [0.3, 0.4) is 0 Å². The number of halogens is 3. The molecule has 0 aliphatic carbocycles. The Balaban J connectivity index is 1.67. The monoisotopic (exact) mass is 450 g/mol. The van der Waals surface area contributed by atoms with Gasteiger partial charge in [0.2, 0.25) is 11.8 Å². The molecule has 0 aromatic heterocycles. The number of hydrogen-bond acceptors (Lipinski definition) is 5. The standard InChI is InChI=1S/C22H21F3N2O5/c1-12-17(32-14-5-3-4-13(10-14)22(23,24)25)11-15(20-19(12)30-8-9-31-20)26-21(29)16-6-7-18(28)27(16)2/h3-5,10-11,16H,6-9H2,1-2H3,(H,26,29). The maximum Gasteiger partial charge on any atom is 0.416 e. The third kappa shape index (κ3) is 4.17. The normalized spacial score (nSPS) is 18.0. The summed E-state index contributed by atoms with van der Waals surface area (Å²) in [4.78, 5) is 26.0. The molecule has 1 saturated heterocycles. The van der Waals surface area contributed by atoms with Gasteiger partial charge >= 0.3 is 6.18 Å². The third-order valence-corrected chi connectivity index (χ3v) is 5.45. The summed E-state index contributed by atoms with van der Waals surface area (Å²) in [7, 11) is 1.56. The molecule has 1 atom stereocenters. The van der Waals surface area contributed by atoms with Crippen LogP contribution in [0.25, 0.3) is 0 Å². The SMILES string of the molecule is Cc1c(Oc2cccc(C(F)(F)F)c2)cc(NC(=O)C2CCC(=O)N2C)c2c1OCCO2. The average Bonchev–Trinajstić information content (AvgIpc) is 3.09. The topological polar surface area (TPSA) is 77.1 Å². The number of nitrogens with one attached hydrogen (secondary N) is 1.